The molecule has 0 saturated carbocycles. The van der Waals surface area contributed by atoms with E-state index in [2.05, 4.69) is 59.4 Å². The molecular weight excluding hydrogens is 334 g/mol. The van der Waals surface area contributed by atoms with Crippen LogP contribution in [0.1, 0.15) is 29.3 Å². The number of hydrogen-bond acceptors (Lipinski definition) is 3. The van der Waals surface area contributed by atoms with E-state index < -0.39 is 0 Å². The summed E-state index contributed by atoms with van der Waals surface area (Å²) in [5, 5.41) is 3.12. The fourth-order valence-corrected chi connectivity index (χ4v) is 3.60. The number of nitrogens with zero attached hydrogens (tertiary/aromatic N) is 2. The predicted octanol–water partition coefficient (Wildman–Crippen LogP) is 3.44. The zero-order valence-corrected chi connectivity index (χ0v) is 16.5. The standard InChI is InChI=1S/C23H31N3O/c1-3-25(2)22-11-9-21(10-12-22)23(27)24-17-20-14-16-26(18-20)15-13-19-7-5-4-6-8-19/h4-12,20H,3,13-18H2,1-2H3,(H,24,27). The average Bonchev–Trinajstić information content (AvgIpc) is 3.18. The van der Waals surface area contributed by atoms with Gasteiger partial charge in [-0.1, -0.05) is 30.3 Å². The summed E-state index contributed by atoms with van der Waals surface area (Å²) in [6, 6.07) is 18.5. The van der Waals surface area contributed by atoms with Crippen molar-refractivity contribution in [3.8, 4) is 0 Å². The van der Waals surface area contributed by atoms with Crippen molar-refractivity contribution >= 4 is 11.6 Å². The van der Waals surface area contributed by atoms with E-state index >= 15 is 0 Å². The number of benzene rings is 2. The van der Waals surface area contributed by atoms with Crippen LogP contribution in [-0.2, 0) is 6.42 Å². The molecule has 1 heterocycles. The molecule has 0 radical (unpaired) electrons. The lowest BCUT2D eigenvalue weighted by Gasteiger charge is -2.17. The number of nitrogens with one attached hydrogen (secondary N) is 1. The Morgan fingerprint density at radius 1 is 1.15 bits per heavy atom. The van der Waals surface area contributed by atoms with Gasteiger partial charge in [-0.15, -0.1) is 0 Å². The third-order valence-corrected chi connectivity index (χ3v) is 5.53. The Kier molecular flexibility index (Phi) is 6.88. The average molecular weight is 366 g/mol. The molecular formula is C23H31N3O. The third kappa shape index (κ3) is 5.57. The number of rotatable bonds is 8. The second-order valence-corrected chi connectivity index (χ2v) is 7.46. The van der Waals surface area contributed by atoms with Crippen LogP contribution < -0.4 is 10.2 Å². The van der Waals surface area contributed by atoms with Crippen molar-refractivity contribution in [3.05, 3.63) is 65.7 Å². The molecule has 1 aliphatic heterocycles. The minimum atomic E-state index is 0.0310. The summed E-state index contributed by atoms with van der Waals surface area (Å²) >= 11 is 0. The number of anilines is 1. The number of hydrogen-bond donors (Lipinski definition) is 1. The molecule has 1 amide bonds. The number of carbonyl (C=O) groups is 1. The summed E-state index contributed by atoms with van der Waals surface area (Å²) in [5.74, 6) is 0.582. The molecule has 1 aliphatic rings. The normalized spacial score (nSPS) is 17.0. The largest absolute Gasteiger partial charge is 0.375 e. The molecule has 3 rings (SSSR count). The number of likely N-dealkylation sites (tertiary alicyclic amines) is 1. The minimum absolute atomic E-state index is 0.0310. The number of amides is 1. The van der Waals surface area contributed by atoms with Crippen molar-refractivity contribution < 1.29 is 4.79 Å². The van der Waals surface area contributed by atoms with Gasteiger partial charge in [0.15, 0.2) is 0 Å². The molecule has 0 bridgehead atoms. The van der Waals surface area contributed by atoms with E-state index in [0.717, 1.165) is 56.8 Å². The Hall–Kier alpha value is -2.33. The maximum Gasteiger partial charge on any atom is 0.251 e. The lowest BCUT2D eigenvalue weighted by Crippen LogP contribution is -2.31. The van der Waals surface area contributed by atoms with Crippen molar-refractivity contribution in [3.63, 3.8) is 0 Å². The van der Waals surface area contributed by atoms with E-state index in [-0.39, 0.29) is 5.91 Å². The molecule has 1 N–H and O–H groups in total. The van der Waals surface area contributed by atoms with Gasteiger partial charge >= 0.3 is 0 Å². The van der Waals surface area contributed by atoms with Gasteiger partial charge in [-0.25, -0.2) is 0 Å². The molecule has 1 saturated heterocycles. The molecule has 1 unspecified atom stereocenters. The molecule has 144 valence electrons. The van der Waals surface area contributed by atoms with E-state index in [1.54, 1.807) is 0 Å². The van der Waals surface area contributed by atoms with Gasteiger partial charge in [0, 0.05) is 44.5 Å². The van der Waals surface area contributed by atoms with Crippen LogP contribution in [0.15, 0.2) is 54.6 Å². The van der Waals surface area contributed by atoms with Crippen molar-refractivity contribution in [1.82, 2.24) is 10.2 Å². The van der Waals surface area contributed by atoms with Crippen LogP contribution in [0.25, 0.3) is 0 Å². The molecule has 0 aromatic heterocycles. The quantitative estimate of drug-likeness (QED) is 0.778. The zero-order chi connectivity index (χ0) is 19.1. The molecule has 0 spiro atoms. The maximum atomic E-state index is 12.4. The van der Waals surface area contributed by atoms with Crippen LogP contribution in [0.5, 0.6) is 0 Å². The van der Waals surface area contributed by atoms with Gasteiger partial charge in [-0.05, 0) is 62.1 Å². The van der Waals surface area contributed by atoms with Crippen LogP contribution in [0.3, 0.4) is 0 Å². The van der Waals surface area contributed by atoms with E-state index in [9.17, 15) is 4.79 Å². The Morgan fingerprint density at radius 3 is 2.59 bits per heavy atom. The maximum absolute atomic E-state index is 12.4. The third-order valence-electron chi connectivity index (χ3n) is 5.53. The summed E-state index contributed by atoms with van der Waals surface area (Å²) in [6.07, 6.45) is 2.26. The summed E-state index contributed by atoms with van der Waals surface area (Å²) in [7, 11) is 2.05. The molecule has 27 heavy (non-hydrogen) atoms. The molecule has 4 nitrogen and oxygen atoms in total. The van der Waals surface area contributed by atoms with Gasteiger partial charge in [0.1, 0.15) is 0 Å². The first kappa shape index (κ1) is 19.4. The first-order chi connectivity index (χ1) is 13.2. The predicted molar refractivity (Wildman–Crippen MR) is 112 cm³/mol. The van der Waals surface area contributed by atoms with Gasteiger partial charge in [-0.3, -0.25) is 4.79 Å². The Balaban J connectivity index is 1.40. The highest BCUT2D eigenvalue weighted by molar-refractivity contribution is 5.94. The molecule has 1 atom stereocenters. The van der Waals surface area contributed by atoms with Crippen LogP contribution >= 0.6 is 0 Å². The van der Waals surface area contributed by atoms with Crippen molar-refractivity contribution in [2.24, 2.45) is 5.92 Å². The van der Waals surface area contributed by atoms with Gasteiger partial charge in [0.2, 0.25) is 0 Å². The summed E-state index contributed by atoms with van der Waals surface area (Å²) in [4.78, 5) is 17.1. The topological polar surface area (TPSA) is 35.6 Å². The lowest BCUT2D eigenvalue weighted by molar-refractivity contribution is 0.0947. The van der Waals surface area contributed by atoms with E-state index in [1.165, 1.54) is 5.56 Å². The fraction of sp³-hybridized carbons (Fsp3) is 0.435. The highest BCUT2D eigenvalue weighted by Gasteiger charge is 2.22. The van der Waals surface area contributed by atoms with Crippen molar-refractivity contribution in [2.45, 2.75) is 19.8 Å². The van der Waals surface area contributed by atoms with E-state index in [1.807, 2.05) is 24.3 Å². The Bertz CT molecular complexity index is 714. The van der Waals surface area contributed by atoms with Crippen LogP contribution in [0, 0.1) is 5.92 Å². The molecule has 2 aromatic rings. The van der Waals surface area contributed by atoms with Gasteiger partial charge in [-0.2, -0.15) is 0 Å². The SMILES string of the molecule is CCN(C)c1ccc(C(=O)NCC2CCN(CCc3ccccc3)C2)cc1. The summed E-state index contributed by atoms with van der Waals surface area (Å²) in [6.45, 7) is 7.14. The molecule has 2 aromatic carbocycles. The van der Waals surface area contributed by atoms with Gasteiger partial charge in [0.05, 0.1) is 0 Å². The first-order valence-electron chi connectivity index (χ1n) is 10.0. The second kappa shape index (κ2) is 9.56. The number of carbonyl (C=O) groups excluding carboxylic acids is 1. The molecule has 4 heteroatoms. The van der Waals surface area contributed by atoms with E-state index in [0.29, 0.717) is 5.92 Å². The van der Waals surface area contributed by atoms with Gasteiger partial charge in [0.25, 0.3) is 5.91 Å². The molecule has 1 fully saturated rings. The highest BCUT2D eigenvalue weighted by atomic mass is 16.1. The van der Waals surface area contributed by atoms with E-state index in [4.69, 9.17) is 0 Å². The van der Waals surface area contributed by atoms with Gasteiger partial charge < -0.3 is 15.1 Å². The Labute approximate surface area is 163 Å². The smallest absolute Gasteiger partial charge is 0.251 e. The fourth-order valence-electron chi connectivity index (χ4n) is 3.60. The highest BCUT2D eigenvalue weighted by Crippen LogP contribution is 2.17. The summed E-state index contributed by atoms with van der Waals surface area (Å²) < 4.78 is 0. The lowest BCUT2D eigenvalue weighted by atomic mass is 10.1. The van der Waals surface area contributed by atoms with Crippen LogP contribution in [0.2, 0.25) is 0 Å². The van der Waals surface area contributed by atoms with Crippen molar-refractivity contribution in [2.75, 3.05) is 44.7 Å². The second-order valence-electron chi connectivity index (χ2n) is 7.46. The van der Waals surface area contributed by atoms with Crippen molar-refractivity contribution in [1.29, 1.82) is 0 Å². The monoisotopic (exact) mass is 365 g/mol. The molecule has 0 aliphatic carbocycles. The summed E-state index contributed by atoms with van der Waals surface area (Å²) in [5.41, 5.74) is 3.27. The first-order valence-corrected chi connectivity index (χ1v) is 10.0. The zero-order valence-electron chi connectivity index (χ0n) is 16.5. The minimum Gasteiger partial charge on any atom is -0.375 e. The van der Waals surface area contributed by atoms with Crippen LogP contribution in [-0.4, -0.2) is 50.6 Å². The van der Waals surface area contributed by atoms with Crippen LogP contribution in [0.4, 0.5) is 5.69 Å². The Morgan fingerprint density at radius 2 is 1.89 bits per heavy atom.